The van der Waals surface area contributed by atoms with Crippen molar-refractivity contribution in [1.29, 1.82) is 0 Å². The first-order valence-corrected chi connectivity index (χ1v) is 5.43. The minimum absolute atomic E-state index is 0.786. The molecule has 78 valence electrons. The van der Waals surface area contributed by atoms with Gasteiger partial charge in [-0.1, -0.05) is 35.9 Å². The Labute approximate surface area is 95.7 Å². The Balaban J connectivity index is 2.36. The minimum Gasteiger partial charge on any atom is -0.349 e. The molecule has 0 spiro atoms. The number of hydrogen-bond acceptors (Lipinski definition) is 1. The predicted molar refractivity (Wildman–Crippen MR) is 65.6 cm³/mol. The van der Waals surface area contributed by atoms with Gasteiger partial charge in [-0.05, 0) is 31.0 Å². The minimum atomic E-state index is 0.786. The summed E-state index contributed by atoms with van der Waals surface area (Å²) in [4.78, 5) is 2.19. The smallest absolute Gasteiger partial charge is 0.0442 e. The van der Waals surface area contributed by atoms with Gasteiger partial charge in [0.25, 0.3) is 0 Å². The Bertz CT molecular complexity index is 432. The molecule has 0 amide bonds. The van der Waals surface area contributed by atoms with Crippen LogP contribution in [-0.4, -0.2) is 11.9 Å². The fourth-order valence-corrected chi connectivity index (χ4v) is 1.95. The molecule has 0 bridgehead atoms. The number of nitrogens with zero attached hydrogens (tertiary/aromatic N) is 1. The lowest BCUT2D eigenvalue weighted by atomic mass is 10.1. The molecule has 0 N–H and O–H groups in total. The van der Waals surface area contributed by atoms with E-state index in [2.05, 4.69) is 37.1 Å². The van der Waals surface area contributed by atoms with Gasteiger partial charge in [0.1, 0.15) is 0 Å². The van der Waals surface area contributed by atoms with Crippen LogP contribution < -0.4 is 0 Å². The van der Waals surface area contributed by atoms with E-state index in [1.807, 2.05) is 18.2 Å². The second-order valence-corrected chi connectivity index (χ2v) is 4.18. The van der Waals surface area contributed by atoms with E-state index in [1.54, 1.807) is 0 Å². The molecule has 2 rings (SSSR count). The van der Waals surface area contributed by atoms with E-state index in [0.29, 0.717) is 0 Å². The lowest BCUT2D eigenvalue weighted by Crippen LogP contribution is -2.16. The Hall–Kier alpha value is -1.21. The van der Waals surface area contributed by atoms with Crippen molar-refractivity contribution >= 4 is 17.3 Å². The van der Waals surface area contributed by atoms with E-state index in [0.717, 1.165) is 11.4 Å². The van der Waals surface area contributed by atoms with Crippen molar-refractivity contribution in [2.24, 2.45) is 0 Å². The van der Waals surface area contributed by atoms with E-state index >= 15 is 0 Å². The van der Waals surface area contributed by atoms with Crippen LogP contribution in [0.2, 0.25) is 5.02 Å². The molecule has 0 saturated carbocycles. The van der Waals surface area contributed by atoms with Crippen molar-refractivity contribution in [2.75, 3.05) is 7.05 Å². The number of rotatable bonds is 1. The average molecular weight is 220 g/mol. The second-order valence-electron chi connectivity index (χ2n) is 3.74. The molecule has 1 aliphatic rings. The SMILES string of the molecule is CC1=CCC=C(c2cccc(Cl)c2)N1C. The van der Waals surface area contributed by atoms with Crippen molar-refractivity contribution in [2.45, 2.75) is 13.3 Å². The van der Waals surface area contributed by atoms with Gasteiger partial charge in [0.2, 0.25) is 0 Å². The molecule has 2 heteroatoms. The van der Waals surface area contributed by atoms with E-state index in [9.17, 15) is 0 Å². The van der Waals surface area contributed by atoms with Crippen LogP contribution in [0.15, 0.2) is 42.1 Å². The molecule has 0 aromatic heterocycles. The van der Waals surface area contributed by atoms with Crippen molar-refractivity contribution in [3.8, 4) is 0 Å². The Kier molecular flexibility index (Phi) is 2.83. The highest BCUT2D eigenvalue weighted by Crippen LogP contribution is 2.27. The largest absolute Gasteiger partial charge is 0.349 e. The number of allylic oxidation sites excluding steroid dienone is 3. The zero-order valence-corrected chi connectivity index (χ0v) is 9.75. The van der Waals surface area contributed by atoms with Crippen LogP contribution in [0.3, 0.4) is 0 Å². The summed E-state index contributed by atoms with van der Waals surface area (Å²) in [6.07, 6.45) is 5.44. The Morgan fingerprint density at radius 2 is 2.07 bits per heavy atom. The van der Waals surface area contributed by atoms with Gasteiger partial charge < -0.3 is 4.90 Å². The van der Waals surface area contributed by atoms with Crippen molar-refractivity contribution in [1.82, 2.24) is 4.90 Å². The molecule has 0 atom stereocenters. The lowest BCUT2D eigenvalue weighted by Gasteiger charge is -2.26. The van der Waals surface area contributed by atoms with Crippen LogP contribution in [0.4, 0.5) is 0 Å². The van der Waals surface area contributed by atoms with E-state index < -0.39 is 0 Å². The summed E-state index contributed by atoms with van der Waals surface area (Å²) in [5, 5.41) is 0.786. The molecule has 0 fully saturated rings. The molecular weight excluding hydrogens is 206 g/mol. The van der Waals surface area contributed by atoms with Crippen molar-refractivity contribution < 1.29 is 0 Å². The fourth-order valence-electron chi connectivity index (χ4n) is 1.76. The van der Waals surface area contributed by atoms with E-state index in [-0.39, 0.29) is 0 Å². The van der Waals surface area contributed by atoms with Gasteiger partial charge >= 0.3 is 0 Å². The number of hydrogen-bond donors (Lipinski definition) is 0. The molecule has 0 unspecified atom stereocenters. The third kappa shape index (κ3) is 2.07. The third-order valence-electron chi connectivity index (χ3n) is 2.74. The van der Waals surface area contributed by atoms with Gasteiger partial charge in [0, 0.05) is 23.5 Å². The lowest BCUT2D eigenvalue weighted by molar-refractivity contribution is 0.584. The highest BCUT2D eigenvalue weighted by atomic mass is 35.5. The molecular formula is C13H14ClN. The van der Waals surface area contributed by atoms with Crippen molar-refractivity contribution in [3.63, 3.8) is 0 Å². The Morgan fingerprint density at radius 3 is 2.80 bits per heavy atom. The van der Waals surface area contributed by atoms with E-state index in [1.165, 1.54) is 17.0 Å². The first kappa shape index (κ1) is 10.3. The standard InChI is InChI=1S/C13H14ClN/c1-10-5-3-8-13(15(10)2)11-6-4-7-12(14)9-11/h4-9H,3H2,1-2H3. The molecule has 1 aromatic carbocycles. The summed E-state index contributed by atoms with van der Waals surface area (Å²) < 4.78 is 0. The molecule has 15 heavy (non-hydrogen) atoms. The zero-order chi connectivity index (χ0) is 10.8. The van der Waals surface area contributed by atoms with Gasteiger partial charge in [-0.15, -0.1) is 0 Å². The molecule has 1 aromatic rings. The third-order valence-corrected chi connectivity index (χ3v) is 2.97. The summed E-state index contributed by atoms with van der Waals surface area (Å²) in [5.41, 5.74) is 3.70. The summed E-state index contributed by atoms with van der Waals surface area (Å²) >= 11 is 5.99. The van der Waals surface area contributed by atoms with Crippen LogP contribution in [0.25, 0.3) is 5.70 Å². The maximum Gasteiger partial charge on any atom is 0.0442 e. The maximum atomic E-state index is 5.99. The second kappa shape index (κ2) is 4.11. The van der Waals surface area contributed by atoms with Crippen LogP contribution in [-0.2, 0) is 0 Å². The highest BCUT2D eigenvalue weighted by molar-refractivity contribution is 6.30. The predicted octanol–water partition coefficient (Wildman–Crippen LogP) is 3.92. The molecule has 1 aliphatic heterocycles. The summed E-state index contributed by atoms with van der Waals surface area (Å²) in [5.74, 6) is 0. The normalized spacial score (nSPS) is 16.1. The van der Waals surface area contributed by atoms with Gasteiger partial charge in [-0.2, -0.15) is 0 Å². The van der Waals surface area contributed by atoms with Gasteiger partial charge in [-0.25, -0.2) is 0 Å². The summed E-state index contributed by atoms with van der Waals surface area (Å²) in [6.45, 7) is 2.12. The molecule has 0 radical (unpaired) electrons. The molecule has 1 nitrogen and oxygen atoms in total. The van der Waals surface area contributed by atoms with Crippen LogP contribution in [0.5, 0.6) is 0 Å². The molecule has 0 aliphatic carbocycles. The maximum absolute atomic E-state index is 5.99. The number of benzene rings is 1. The van der Waals surface area contributed by atoms with Crippen LogP contribution >= 0.6 is 11.6 Å². The Morgan fingerprint density at radius 1 is 1.27 bits per heavy atom. The fraction of sp³-hybridized carbons (Fsp3) is 0.231. The van der Waals surface area contributed by atoms with Crippen molar-refractivity contribution in [3.05, 3.63) is 52.7 Å². The summed E-state index contributed by atoms with van der Waals surface area (Å²) in [6, 6.07) is 7.98. The number of halogens is 1. The quantitative estimate of drug-likeness (QED) is 0.692. The van der Waals surface area contributed by atoms with Gasteiger partial charge in [0.05, 0.1) is 0 Å². The first-order chi connectivity index (χ1) is 7.18. The molecule has 0 saturated heterocycles. The van der Waals surface area contributed by atoms with E-state index in [4.69, 9.17) is 11.6 Å². The average Bonchev–Trinajstić information content (AvgIpc) is 2.22. The monoisotopic (exact) mass is 219 g/mol. The van der Waals surface area contributed by atoms with Gasteiger partial charge in [-0.3, -0.25) is 0 Å². The summed E-state index contributed by atoms with van der Waals surface area (Å²) in [7, 11) is 2.08. The van der Waals surface area contributed by atoms with Crippen LogP contribution in [0, 0.1) is 0 Å². The molecule has 1 heterocycles. The first-order valence-electron chi connectivity index (χ1n) is 5.05. The topological polar surface area (TPSA) is 3.24 Å². The van der Waals surface area contributed by atoms with Crippen LogP contribution in [0.1, 0.15) is 18.9 Å². The zero-order valence-electron chi connectivity index (χ0n) is 9.00. The van der Waals surface area contributed by atoms with Gasteiger partial charge in [0.15, 0.2) is 0 Å². The highest BCUT2D eigenvalue weighted by Gasteiger charge is 2.11.